The molecule has 28 heavy (non-hydrogen) atoms. The molecule has 0 aromatic heterocycles. The van der Waals surface area contributed by atoms with Crippen LogP contribution in [0.1, 0.15) is 56.9 Å². The Morgan fingerprint density at radius 1 is 0.893 bits per heavy atom. The Bertz CT molecular complexity index is 529. The zero-order valence-corrected chi connectivity index (χ0v) is 16.8. The third-order valence-electron chi connectivity index (χ3n) is 5.51. The number of nitrogens with one attached hydrogen (secondary N) is 1. The quantitative estimate of drug-likeness (QED) is 0.308. The van der Waals surface area contributed by atoms with Gasteiger partial charge in [-0.15, -0.1) is 0 Å². The summed E-state index contributed by atoms with van der Waals surface area (Å²) in [4.78, 5) is 0. The molecule has 1 aromatic rings. The molecule has 0 spiro atoms. The molecule has 0 bridgehead atoms. The lowest BCUT2D eigenvalue weighted by molar-refractivity contribution is -0.245. The number of aliphatic hydroxyl groups is 4. The van der Waals surface area contributed by atoms with Crippen LogP contribution in [0.2, 0.25) is 0 Å². The smallest absolute Gasteiger partial charge is 0.219 e. The van der Waals surface area contributed by atoms with Crippen molar-refractivity contribution in [3.63, 3.8) is 0 Å². The molecule has 6 nitrogen and oxygen atoms in total. The van der Waals surface area contributed by atoms with Crippen molar-refractivity contribution in [2.45, 2.75) is 81.9 Å². The summed E-state index contributed by atoms with van der Waals surface area (Å²) < 4.78 is 5.19. The van der Waals surface area contributed by atoms with E-state index in [9.17, 15) is 15.3 Å². The van der Waals surface area contributed by atoms with Crippen molar-refractivity contribution >= 4 is 0 Å². The van der Waals surface area contributed by atoms with Gasteiger partial charge in [0.1, 0.15) is 18.3 Å². The predicted octanol–water partition coefficient (Wildman–Crippen LogP) is 1.74. The van der Waals surface area contributed by atoms with Gasteiger partial charge in [-0.25, -0.2) is 0 Å². The molecular formula is C22H37NO5. The number of hydrogen-bond donors (Lipinski definition) is 5. The summed E-state index contributed by atoms with van der Waals surface area (Å²) in [6, 6.07) is 10.7. The first kappa shape index (κ1) is 23.3. The van der Waals surface area contributed by atoms with Crippen LogP contribution in [0.4, 0.5) is 0 Å². The highest BCUT2D eigenvalue weighted by Gasteiger charge is 2.52. The van der Waals surface area contributed by atoms with E-state index in [1.54, 1.807) is 0 Å². The van der Waals surface area contributed by atoms with E-state index >= 15 is 0 Å². The van der Waals surface area contributed by atoms with E-state index in [2.05, 4.69) is 35.6 Å². The Balaban J connectivity index is 1.38. The molecule has 1 aliphatic heterocycles. The van der Waals surface area contributed by atoms with E-state index in [0.717, 1.165) is 19.4 Å². The fourth-order valence-electron chi connectivity index (χ4n) is 3.69. The molecule has 0 unspecified atom stereocenters. The summed E-state index contributed by atoms with van der Waals surface area (Å²) in [5.74, 6) is -2.06. The number of unbranched alkanes of at least 4 members (excludes halogenated alkanes) is 7. The maximum atomic E-state index is 9.86. The molecular weight excluding hydrogens is 358 g/mol. The van der Waals surface area contributed by atoms with Crippen LogP contribution in [-0.4, -0.2) is 64.2 Å². The van der Waals surface area contributed by atoms with E-state index in [1.807, 2.05) is 0 Å². The molecule has 2 rings (SSSR count). The third kappa shape index (κ3) is 7.43. The van der Waals surface area contributed by atoms with Crippen LogP contribution in [0.15, 0.2) is 30.3 Å². The van der Waals surface area contributed by atoms with Crippen LogP contribution in [0, 0.1) is 0 Å². The average Bonchev–Trinajstić information content (AvgIpc) is 2.94. The van der Waals surface area contributed by atoms with Crippen molar-refractivity contribution in [2.24, 2.45) is 0 Å². The van der Waals surface area contributed by atoms with Crippen LogP contribution in [0.3, 0.4) is 0 Å². The second kappa shape index (κ2) is 12.5. The van der Waals surface area contributed by atoms with Crippen molar-refractivity contribution in [2.75, 3.05) is 19.7 Å². The fraction of sp³-hybridized carbons (Fsp3) is 0.727. The molecule has 1 saturated heterocycles. The highest BCUT2D eigenvalue weighted by atomic mass is 16.7. The highest BCUT2D eigenvalue weighted by molar-refractivity contribution is 5.14. The van der Waals surface area contributed by atoms with Crippen molar-refractivity contribution in [3.05, 3.63) is 35.9 Å². The van der Waals surface area contributed by atoms with Gasteiger partial charge in [0.25, 0.3) is 0 Å². The highest BCUT2D eigenvalue weighted by Crippen LogP contribution is 2.28. The number of aliphatic hydroxyl groups excluding tert-OH is 3. The zero-order chi connectivity index (χ0) is 20.2. The van der Waals surface area contributed by atoms with E-state index in [-0.39, 0.29) is 0 Å². The second-order valence-electron chi connectivity index (χ2n) is 7.86. The number of ether oxygens (including phenoxy) is 1. The van der Waals surface area contributed by atoms with Crippen LogP contribution >= 0.6 is 0 Å². The SMILES string of the molecule is OC[C@@]1(O)O[C@@H](CNCCCCCCCCCCc2ccccc2)[C@@H](O)[C@@H]1O. The van der Waals surface area contributed by atoms with Crippen molar-refractivity contribution < 1.29 is 25.2 Å². The minimum atomic E-state index is -2.06. The van der Waals surface area contributed by atoms with Crippen LogP contribution in [-0.2, 0) is 11.2 Å². The summed E-state index contributed by atoms with van der Waals surface area (Å²) in [7, 11) is 0. The molecule has 6 heteroatoms. The molecule has 1 fully saturated rings. The Morgan fingerprint density at radius 2 is 1.50 bits per heavy atom. The molecule has 0 saturated carbocycles. The molecule has 160 valence electrons. The standard InChI is InChI=1S/C22H37NO5/c24-17-22(27)21(26)20(25)19(28-22)16-23-15-11-6-4-2-1-3-5-8-12-18-13-9-7-10-14-18/h7,9-10,13-14,19-21,23-27H,1-6,8,11-12,15-17H2/t19-,20+,21-,22+/m0/s1. The van der Waals surface area contributed by atoms with E-state index in [0.29, 0.717) is 6.54 Å². The lowest BCUT2D eigenvalue weighted by Crippen LogP contribution is -2.46. The van der Waals surface area contributed by atoms with E-state index in [4.69, 9.17) is 9.84 Å². The normalized spacial score (nSPS) is 27.4. The van der Waals surface area contributed by atoms with Crippen LogP contribution in [0.25, 0.3) is 0 Å². The number of aryl methyl sites for hydroxylation is 1. The van der Waals surface area contributed by atoms with Gasteiger partial charge in [0.15, 0.2) is 0 Å². The Kier molecular flexibility index (Phi) is 10.4. The zero-order valence-electron chi connectivity index (χ0n) is 16.8. The summed E-state index contributed by atoms with van der Waals surface area (Å²) in [5, 5.41) is 41.7. The minimum Gasteiger partial charge on any atom is -0.391 e. The number of hydrogen-bond acceptors (Lipinski definition) is 6. The summed E-state index contributed by atoms with van der Waals surface area (Å²) in [6.45, 7) is 0.396. The molecule has 1 heterocycles. The maximum absolute atomic E-state index is 9.86. The van der Waals surface area contributed by atoms with E-state index < -0.39 is 30.7 Å². The lowest BCUT2D eigenvalue weighted by atomic mass is 10.0. The monoisotopic (exact) mass is 395 g/mol. The Labute approximate surface area is 168 Å². The van der Waals surface area contributed by atoms with Crippen molar-refractivity contribution in [3.8, 4) is 0 Å². The van der Waals surface area contributed by atoms with Gasteiger partial charge in [-0.1, -0.05) is 68.9 Å². The topological polar surface area (TPSA) is 102 Å². The van der Waals surface area contributed by atoms with E-state index in [1.165, 1.54) is 50.5 Å². The third-order valence-corrected chi connectivity index (χ3v) is 5.51. The first-order valence-corrected chi connectivity index (χ1v) is 10.7. The van der Waals surface area contributed by atoms with Crippen LogP contribution < -0.4 is 5.32 Å². The van der Waals surface area contributed by atoms with Gasteiger partial charge in [-0.2, -0.15) is 0 Å². The molecule has 5 N–H and O–H groups in total. The number of rotatable bonds is 14. The van der Waals surface area contributed by atoms with Gasteiger partial charge in [0, 0.05) is 6.54 Å². The maximum Gasteiger partial charge on any atom is 0.219 e. The first-order valence-electron chi connectivity index (χ1n) is 10.7. The fourth-order valence-corrected chi connectivity index (χ4v) is 3.69. The molecule has 4 atom stereocenters. The molecule has 0 aliphatic carbocycles. The van der Waals surface area contributed by atoms with Gasteiger partial charge in [-0.3, -0.25) is 0 Å². The number of benzene rings is 1. The Morgan fingerprint density at radius 3 is 2.11 bits per heavy atom. The van der Waals surface area contributed by atoms with Gasteiger partial charge >= 0.3 is 0 Å². The van der Waals surface area contributed by atoms with Crippen LogP contribution in [0.5, 0.6) is 0 Å². The van der Waals surface area contributed by atoms with Gasteiger partial charge < -0.3 is 30.5 Å². The van der Waals surface area contributed by atoms with Gasteiger partial charge in [-0.05, 0) is 31.4 Å². The van der Waals surface area contributed by atoms with Gasteiger partial charge in [0.05, 0.1) is 6.61 Å². The molecule has 1 aliphatic rings. The largest absolute Gasteiger partial charge is 0.391 e. The van der Waals surface area contributed by atoms with Gasteiger partial charge in [0.2, 0.25) is 5.79 Å². The summed E-state index contributed by atoms with van der Waals surface area (Å²) in [5.41, 5.74) is 1.43. The van der Waals surface area contributed by atoms with Crippen molar-refractivity contribution in [1.82, 2.24) is 5.32 Å². The molecule has 0 radical (unpaired) electrons. The first-order chi connectivity index (χ1) is 13.6. The van der Waals surface area contributed by atoms with Crippen molar-refractivity contribution in [1.29, 1.82) is 0 Å². The average molecular weight is 396 g/mol. The molecule has 0 amide bonds. The lowest BCUT2D eigenvalue weighted by Gasteiger charge is -2.22. The Hall–Kier alpha value is -1.02. The summed E-state index contributed by atoms with van der Waals surface area (Å²) in [6.07, 6.45) is 7.63. The summed E-state index contributed by atoms with van der Waals surface area (Å²) >= 11 is 0. The minimum absolute atomic E-state index is 0.335. The predicted molar refractivity (Wildman–Crippen MR) is 109 cm³/mol. The molecule has 1 aromatic carbocycles. The second-order valence-corrected chi connectivity index (χ2v) is 7.86.